The van der Waals surface area contributed by atoms with Crippen molar-refractivity contribution in [2.75, 3.05) is 13.2 Å². The average Bonchev–Trinajstić information content (AvgIpc) is 2.60. The molecule has 3 N–H and O–H groups in total. The third-order valence-corrected chi connectivity index (χ3v) is 3.61. The lowest BCUT2D eigenvalue weighted by Crippen LogP contribution is -2.35. The number of primary amides is 1. The molecule has 124 valence electrons. The third-order valence-electron chi connectivity index (χ3n) is 3.61. The van der Waals surface area contributed by atoms with Crippen molar-refractivity contribution in [3.63, 3.8) is 0 Å². The van der Waals surface area contributed by atoms with E-state index in [0.717, 1.165) is 28.2 Å². The quantitative estimate of drug-likeness (QED) is 0.653. The summed E-state index contributed by atoms with van der Waals surface area (Å²) in [6.45, 7) is 0.772. The Labute approximate surface area is 139 Å². The van der Waals surface area contributed by atoms with Gasteiger partial charge in [0, 0.05) is 5.56 Å². The lowest BCUT2D eigenvalue weighted by Gasteiger charge is -2.21. The summed E-state index contributed by atoms with van der Waals surface area (Å²) in [7, 11) is 0. The molecule has 2 amide bonds. The van der Waals surface area contributed by atoms with Gasteiger partial charge in [-0.3, -0.25) is 5.21 Å². The zero-order chi connectivity index (χ0) is 16.9. The van der Waals surface area contributed by atoms with Crippen LogP contribution in [0.4, 0.5) is 4.79 Å². The second kappa shape index (κ2) is 7.06. The van der Waals surface area contributed by atoms with Crippen molar-refractivity contribution in [2.24, 2.45) is 5.73 Å². The van der Waals surface area contributed by atoms with Crippen LogP contribution in [0, 0.1) is 0 Å². The molecule has 2 aromatic rings. The maximum Gasteiger partial charge on any atom is 0.338 e. The SMILES string of the molecule is NC(=O)N(O)CC1=Cc2cc(OCc3ccccc3)ccc2OC1. The van der Waals surface area contributed by atoms with Gasteiger partial charge in [-0.15, -0.1) is 0 Å². The van der Waals surface area contributed by atoms with Gasteiger partial charge in [0.15, 0.2) is 0 Å². The Kier molecular flexibility index (Phi) is 4.67. The van der Waals surface area contributed by atoms with E-state index in [1.165, 1.54) is 0 Å². The van der Waals surface area contributed by atoms with Crippen molar-refractivity contribution < 1.29 is 19.5 Å². The topological polar surface area (TPSA) is 85.0 Å². The summed E-state index contributed by atoms with van der Waals surface area (Å²) in [5.41, 5.74) is 7.67. The van der Waals surface area contributed by atoms with Gasteiger partial charge in [-0.1, -0.05) is 30.3 Å². The van der Waals surface area contributed by atoms with E-state index in [-0.39, 0.29) is 6.54 Å². The van der Waals surface area contributed by atoms with Gasteiger partial charge in [0.25, 0.3) is 0 Å². The minimum absolute atomic E-state index is 0.00384. The van der Waals surface area contributed by atoms with Crippen LogP contribution in [0.25, 0.3) is 6.08 Å². The van der Waals surface area contributed by atoms with Gasteiger partial charge in [0.2, 0.25) is 0 Å². The summed E-state index contributed by atoms with van der Waals surface area (Å²) in [5, 5.41) is 9.88. The van der Waals surface area contributed by atoms with Gasteiger partial charge in [-0.2, -0.15) is 0 Å². The van der Waals surface area contributed by atoms with Crippen LogP contribution in [0.1, 0.15) is 11.1 Å². The summed E-state index contributed by atoms with van der Waals surface area (Å²) in [5.74, 6) is 1.45. The predicted octanol–water partition coefficient (Wildman–Crippen LogP) is 2.81. The van der Waals surface area contributed by atoms with E-state index < -0.39 is 6.03 Å². The molecule has 0 aliphatic carbocycles. The zero-order valence-corrected chi connectivity index (χ0v) is 13.0. The standard InChI is InChI=1S/C18H18N2O4/c19-18(21)20(22)10-14-8-15-9-16(6-7-17(15)24-12-14)23-11-13-4-2-1-3-5-13/h1-9,22H,10-12H2,(H2,19,21). The molecule has 0 saturated heterocycles. The van der Waals surface area contributed by atoms with Crippen molar-refractivity contribution in [3.05, 3.63) is 65.2 Å². The van der Waals surface area contributed by atoms with Crippen molar-refractivity contribution in [1.82, 2.24) is 5.06 Å². The molecular formula is C18H18N2O4. The normalized spacial score (nSPS) is 12.6. The van der Waals surface area contributed by atoms with Crippen molar-refractivity contribution >= 4 is 12.1 Å². The molecular weight excluding hydrogens is 308 g/mol. The number of fused-ring (bicyclic) bond motifs is 1. The summed E-state index contributed by atoms with van der Waals surface area (Å²) in [4.78, 5) is 10.9. The van der Waals surface area contributed by atoms with Gasteiger partial charge >= 0.3 is 6.03 Å². The van der Waals surface area contributed by atoms with Crippen LogP contribution < -0.4 is 15.2 Å². The molecule has 0 saturated carbocycles. The van der Waals surface area contributed by atoms with Gasteiger partial charge in [-0.25, -0.2) is 9.86 Å². The molecule has 0 radical (unpaired) electrons. The first-order chi connectivity index (χ1) is 11.6. The van der Waals surface area contributed by atoms with Crippen LogP contribution in [0.5, 0.6) is 11.5 Å². The predicted molar refractivity (Wildman–Crippen MR) is 88.8 cm³/mol. The third kappa shape index (κ3) is 3.85. The van der Waals surface area contributed by atoms with E-state index in [0.29, 0.717) is 18.3 Å². The van der Waals surface area contributed by atoms with Gasteiger partial charge in [0.05, 0.1) is 6.54 Å². The number of carbonyl (C=O) groups excluding carboxylic acids is 1. The number of rotatable bonds is 5. The molecule has 0 spiro atoms. The zero-order valence-electron chi connectivity index (χ0n) is 13.0. The van der Waals surface area contributed by atoms with E-state index in [4.69, 9.17) is 15.2 Å². The van der Waals surface area contributed by atoms with E-state index >= 15 is 0 Å². The van der Waals surface area contributed by atoms with E-state index in [9.17, 15) is 10.0 Å². The Morgan fingerprint density at radius 2 is 2.04 bits per heavy atom. The maximum atomic E-state index is 10.9. The molecule has 1 aliphatic rings. The molecule has 2 aromatic carbocycles. The maximum absolute atomic E-state index is 10.9. The Bertz CT molecular complexity index is 759. The number of benzene rings is 2. The number of carbonyl (C=O) groups is 1. The number of amides is 2. The van der Waals surface area contributed by atoms with Crippen LogP contribution in [0.2, 0.25) is 0 Å². The molecule has 0 fully saturated rings. The lowest BCUT2D eigenvalue weighted by molar-refractivity contribution is -0.0321. The lowest BCUT2D eigenvalue weighted by atomic mass is 10.1. The Morgan fingerprint density at radius 3 is 2.79 bits per heavy atom. The molecule has 1 heterocycles. The highest BCUT2D eigenvalue weighted by Gasteiger charge is 2.16. The smallest absolute Gasteiger partial charge is 0.338 e. The first-order valence-corrected chi connectivity index (χ1v) is 7.50. The highest BCUT2D eigenvalue weighted by Crippen LogP contribution is 2.30. The Balaban J connectivity index is 1.71. The van der Waals surface area contributed by atoms with Crippen LogP contribution >= 0.6 is 0 Å². The Morgan fingerprint density at radius 1 is 1.25 bits per heavy atom. The molecule has 1 aliphatic heterocycles. The van der Waals surface area contributed by atoms with Crippen LogP contribution in [-0.2, 0) is 6.61 Å². The number of ether oxygens (including phenoxy) is 2. The summed E-state index contributed by atoms with van der Waals surface area (Å²) < 4.78 is 11.4. The fourth-order valence-corrected chi connectivity index (χ4v) is 2.40. The van der Waals surface area contributed by atoms with E-state index in [1.807, 2.05) is 54.6 Å². The molecule has 0 bridgehead atoms. The van der Waals surface area contributed by atoms with Crippen LogP contribution in [0.15, 0.2) is 54.1 Å². The van der Waals surface area contributed by atoms with Gasteiger partial charge in [0.1, 0.15) is 24.7 Å². The molecule has 6 nitrogen and oxygen atoms in total. The largest absolute Gasteiger partial charge is 0.489 e. The number of hydrogen-bond acceptors (Lipinski definition) is 4. The second-order valence-electron chi connectivity index (χ2n) is 5.46. The van der Waals surface area contributed by atoms with Crippen molar-refractivity contribution in [3.8, 4) is 11.5 Å². The summed E-state index contributed by atoms with van der Waals surface area (Å²) in [6.07, 6.45) is 1.86. The Hall–Kier alpha value is -2.99. The van der Waals surface area contributed by atoms with Crippen LogP contribution in [-0.4, -0.2) is 29.5 Å². The van der Waals surface area contributed by atoms with E-state index in [2.05, 4.69) is 0 Å². The van der Waals surface area contributed by atoms with Crippen molar-refractivity contribution in [2.45, 2.75) is 6.61 Å². The van der Waals surface area contributed by atoms with Gasteiger partial charge < -0.3 is 15.2 Å². The van der Waals surface area contributed by atoms with E-state index in [1.54, 1.807) is 0 Å². The first kappa shape index (κ1) is 15.9. The molecule has 3 rings (SSSR count). The minimum Gasteiger partial charge on any atom is -0.489 e. The van der Waals surface area contributed by atoms with Crippen molar-refractivity contribution in [1.29, 1.82) is 0 Å². The molecule has 0 unspecified atom stereocenters. The number of urea groups is 1. The number of nitrogens with zero attached hydrogens (tertiary/aromatic N) is 1. The highest BCUT2D eigenvalue weighted by molar-refractivity contribution is 5.71. The number of nitrogens with two attached hydrogens (primary N) is 1. The number of hydroxylamine groups is 2. The highest BCUT2D eigenvalue weighted by atomic mass is 16.5. The second-order valence-corrected chi connectivity index (χ2v) is 5.46. The van der Waals surface area contributed by atoms with Crippen LogP contribution in [0.3, 0.4) is 0 Å². The monoisotopic (exact) mass is 326 g/mol. The number of hydrogen-bond donors (Lipinski definition) is 2. The summed E-state index contributed by atoms with van der Waals surface area (Å²) >= 11 is 0. The molecule has 6 heteroatoms. The van der Waals surface area contributed by atoms with Gasteiger partial charge in [-0.05, 0) is 35.4 Å². The molecule has 0 aromatic heterocycles. The average molecular weight is 326 g/mol. The summed E-state index contributed by atoms with van der Waals surface area (Å²) in [6, 6.07) is 14.5. The fourth-order valence-electron chi connectivity index (χ4n) is 2.40. The molecule has 24 heavy (non-hydrogen) atoms. The minimum atomic E-state index is -0.901. The fraction of sp³-hybridized carbons (Fsp3) is 0.167. The first-order valence-electron chi connectivity index (χ1n) is 7.50. The molecule has 0 atom stereocenters.